The van der Waals surface area contributed by atoms with Gasteiger partial charge >= 0.3 is 11.9 Å². The molecule has 1 heterocycles. The number of carbonyl (C=O) groups is 2. The van der Waals surface area contributed by atoms with Crippen LogP contribution >= 0.6 is 0 Å². The molecule has 0 bridgehead atoms. The summed E-state index contributed by atoms with van der Waals surface area (Å²) in [7, 11) is 1.31. The van der Waals surface area contributed by atoms with Gasteiger partial charge in [0.1, 0.15) is 5.76 Å². The normalized spacial score (nSPS) is 14.3. The fourth-order valence-corrected chi connectivity index (χ4v) is 2.00. The lowest BCUT2D eigenvalue weighted by molar-refractivity contribution is -0.144. The molecule has 2 rings (SSSR count). The summed E-state index contributed by atoms with van der Waals surface area (Å²) < 4.78 is 15.0. The molecule has 0 radical (unpaired) electrons. The monoisotopic (exact) mass is 281 g/mol. The molecular weight excluding hydrogens is 262 g/mol. The number of furan rings is 1. The van der Waals surface area contributed by atoms with E-state index in [1.807, 2.05) is 4.90 Å². The van der Waals surface area contributed by atoms with E-state index >= 15 is 0 Å². The zero-order chi connectivity index (χ0) is 14.5. The van der Waals surface area contributed by atoms with Crippen LogP contribution in [0, 0.1) is 0 Å². The Morgan fingerprint density at radius 1 is 1.40 bits per heavy atom. The lowest BCUT2D eigenvalue weighted by Crippen LogP contribution is -2.32. The van der Waals surface area contributed by atoms with Crippen LogP contribution in [0.4, 0.5) is 0 Å². The SMILES string of the molecule is CCOC(=O)CN(Cc1ccc(C(=O)OC)o1)C1CC1. The van der Waals surface area contributed by atoms with Crippen molar-refractivity contribution in [1.29, 1.82) is 0 Å². The van der Waals surface area contributed by atoms with Gasteiger partial charge in [0.2, 0.25) is 5.76 Å². The highest BCUT2D eigenvalue weighted by molar-refractivity contribution is 5.86. The van der Waals surface area contributed by atoms with Crippen molar-refractivity contribution in [3.05, 3.63) is 23.7 Å². The maximum Gasteiger partial charge on any atom is 0.373 e. The maximum absolute atomic E-state index is 11.6. The van der Waals surface area contributed by atoms with Crippen molar-refractivity contribution in [2.24, 2.45) is 0 Å². The van der Waals surface area contributed by atoms with Gasteiger partial charge in [0.05, 0.1) is 26.8 Å². The van der Waals surface area contributed by atoms with E-state index in [0.717, 1.165) is 12.8 Å². The molecule has 1 saturated carbocycles. The van der Waals surface area contributed by atoms with Gasteiger partial charge in [-0.1, -0.05) is 0 Å². The Hall–Kier alpha value is -1.82. The van der Waals surface area contributed by atoms with Gasteiger partial charge in [-0.3, -0.25) is 9.69 Å². The average molecular weight is 281 g/mol. The average Bonchev–Trinajstić information content (AvgIpc) is 3.17. The van der Waals surface area contributed by atoms with Crippen LogP contribution < -0.4 is 0 Å². The highest BCUT2D eigenvalue weighted by atomic mass is 16.5. The summed E-state index contributed by atoms with van der Waals surface area (Å²) in [5.74, 6) is 0.0785. The van der Waals surface area contributed by atoms with Gasteiger partial charge in [-0.2, -0.15) is 0 Å². The predicted octanol–water partition coefficient (Wildman–Crippen LogP) is 1.59. The lowest BCUT2D eigenvalue weighted by atomic mass is 10.3. The number of carbonyl (C=O) groups excluding carboxylic acids is 2. The first-order valence-corrected chi connectivity index (χ1v) is 6.70. The summed E-state index contributed by atoms with van der Waals surface area (Å²) in [5.41, 5.74) is 0. The Labute approximate surface area is 117 Å². The molecule has 1 aromatic rings. The van der Waals surface area contributed by atoms with Gasteiger partial charge in [-0.05, 0) is 31.9 Å². The predicted molar refractivity (Wildman–Crippen MR) is 70.1 cm³/mol. The Bertz CT molecular complexity index is 478. The van der Waals surface area contributed by atoms with Gasteiger partial charge in [0.25, 0.3) is 0 Å². The fraction of sp³-hybridized carbons (Fsp3) is 0.571. The number of esters is 2. The molecule has 0 amide bonds. The molecule has 1 aliphatic carbocycles. The number of methoxy groups -OCH3 is 1. The molecule has 0 unspecified atom stereocenters. The molecule has 110 valence electrons. The number of rotatable bonds is 7. The lowest BCUT2D eigenvalue weighted by Gasteiger charge is -2.19. The minimum Gasteiger partial charge on any atom is -0.465 e. The second kappa shape index (κ2) is 6.56. The van der Waals surface area contributed by atoms with Crippen LogP contribution in [0.2, 0.25) is 0 Å². The zero-order valence-corrected chi connectivity index (χ0v) is 11.8. The first-order chi connectivity index (χ1) is 9.63. The molecule has 1 fully saturated rings. The third kappa shape index (κ3) is 3.84. The van der Waals surface area contributed by atoms with Crippen LogP contribution in [0.5, 0.6) is 0 Å². The molecule has 1 aromatic heterocycles. The van der Waals surface area contributed by atoms with Gasteiger partial charge in [0, 0.05) is 6.04 Å². The van der Waals surface area contributed by atoms with Gasteiger partial charge in [-0.25, -0.2) is 4.79 Å². The number of hydrogen-bond acceptors (Lipinski definition) is 6. The summed E-state index contributed by atoms with van der Waals surface area (Å²) >= 11 is 0. The van der Waals surface area contributed by atoms with E-state index in [9.17, 15) is 9.59 Å². The third-order valence-corrected chi connectivity index (χ3v) is 3.11. The third-order valence-electron chi connectivity index (χ3n) is 3.11. The molecule has 0 spiro atoms. The highest BCUT2D eigenvalue weighted by Gasteiger charge is 2.31. The Kier molecular flexibility index (Phi) is 4.79. The van der Waals surface area contributed by atoms with Crippen LogP contribution in [0.15, 0.2) is 16.5 Å². The second-order valence-corrected chi connectivity index (χ2v) is 4.70. The molecule has 0 saturated heterocycles. The van der Waals surface area contributed by atoms with Crippen molar-refractivity contribution >= 4 is 11.9 Å². The van der Waals surface area contributed by atoms with Crippen molar-refractivity contribution in [2.75, 3.05) is 20.3 Å². The molecule has 0 aromatic carbocycles. The van der Waals surface area contributed by atoms with Crippen LogP contribution in [-0.4, -0.2) is 43.1 Å². The van der Waals surface area contributed by atoms with E-state index in [1.165, 1.54) is 7.11 Å². The van der Waals surface area contributed by atoms with Gasteiger partial charge in [0.15, 0.2) is 0 Å². The largest absolute Gasteiger partial charge is 0.465 e. The van der Waals surface area contributed by atoms with Crippen molar-refractivity contribution in [1.82, 2.24) is 4.90 Å². The topological polar surface area (TPSA) is 69.0 Å². The molecule has 0 atom stereocenters. The first kappa shape index (κ1) is 14.6. The molecule has 0 N–H and O–H groups in total. The maximum atomic E-state index is 11.6. The molecule has 0 aliphatic heterocycles. The summed E-state index contributed by atoms with van der Waals surface area (Å²) in [4.78, 5) is 24.9. The first-order valence-electron chi connectivity index (χ1n) is 6.70. The highest BCUT2D eigenvalue weighted by Crippen LogP contribution is 2.28. The van der Waals surface area contributed by atoms with Crippen LogP contribution in [0.3, 0.4) is 0 Å². The van der Waals surface area contributed by atoms with Crippen molar-refractivity contribution < 1.29 is 23.5 Å². The molecule has 6 heteroatoms. The molecule has 6 nitrogen and oxygen atoms in total. The van der Waals surface area contributed by atoms with E-state index in [1.54, 1.807) is 19.1 Å². The van der Waals surface area contributed by atoms with Crippen molar-refractivity contribution in [3.8, 4) is 0 Å². The van der Waals surface area contributed by atoms with Crippen molar-refractivity contribution in [2.45, 2.75) is 32.4 Å². The molecule has 1 aliphatic rings. The minimum absolute atomic E-state index is 0.175. The van der Waals surface area contributed by atoms with E-state index in [0.29, 0.717) is 25.0 Å². The van der Waals surface area contributed by atoms with E-state index in [4.69, 9.17) is 9.15 Å². The fourth-order valence-electron chi connectivity index (χ4n) is 2.00. The smallest absolute Gasteiger partial charge is 0.373 e. The summed E-state index contributed by atoms with van der Waals surface area (Å²) in [6.07, 6.45) is 2.15. The van der Waals surface area contributed by atoms with E-state index in [2.05, 4.69) is 4.74 Å². The van der Waals surface area contributed by atoms with E-state index in [-0.39, 0.29) is 18.3 Å². The number of hydrogen-bond donors (Lipinski definition) is 0. The van der Waals surface area contributed by atoms with Gasteiger partial charge < -0.3 is 13.9 Å². The quantitative estimate of drug-likeness (QED) is 0.707. The zero-order valence-electron chi connectivity index (χ0n) is 11.8. The second-order valence-electron chi connectivity index (χ2n) is 4.70. The van der Waals surface area contributed by atoms with Crippen LogP contribution in [-0.2, 0) is 20.8 Å². The Morgan fingerprint density at radius 2 is 2.15 bits per heavy atom. The van der Waals surface area contributed by atoms with Crippen LogP contribution in [0.1, 0.15) is 36.1 Å². The number of nitrogens with zero attached hydrogens (tertiary/aromatic N) is 1. The number of ether oxygens (including phenoxy) is 2. The summed E-state index contributed by atoms with van der Waals surface area (Å²) in [6.45, 7) is 2.90. The van der Waals surface area contributed by atoms with E-state index < -0.39 is 5.97 Å². The van der Waals surface area contributed by atoms with Gasteiger partial charge in [-0.15, -0.1) is 0 Å². The summed E-state index contributed by atoms with van der Waals surface area (Å²) in [5, 5.41) is 0. The van der Waals surface area contributed by atoms with Crippen LogP contribution in [0.25, 0.3) is 0 Å². The minimum atomic E-state index is -0.500. The molecular formula is C14H19NO5. The summed E-state index contributed by atoms with van der Waals surface area (Å²) in [6, 6.07) is 3.70. The molecule has 20 heavy (non-hydrogen) atoms. The van der Waals surface area contributed by atoms with Crippen molar-refractivity contribution in [3.63, 3.8) is 0 Å². The standard InChI is InChI=1S/C14H19NO5/c1-3-19-13(16)9-15(10-4-5-10)8-11-6-7-12(20-11)14(17)18-2/h6-7,10H,3-5,8-9H2,1-2H3. The Morgan fingerprint density at radius 3 is 2.75 bits per heavy atom. The Balaban J connectivity index is 1.95.